The second-order valence-corrected chi connectivity index (χ2v) is 4.83. The van der Waals surface area contributed by atoms with Crippen molar-refractivity contribution in [3.8, 4) is 11.5 Å². The van der Waals surface area contributed by atoms with E-state index in [0.29, 0.717) is 5.92 Å². The lowest BCUT2D eigenvalue weighted by Crippen LogP contribution is -2.02. The van der Waals surface area contributed by atoms with Crippen LogP contribution in [0.2, 0.25) is 0 Å². The van der Waals surface area contributed by atoms with Gasteiger partial charge in [-0.15, -0.1) is 0 Å². The molecular weight excluding hydrogens is 268 g/mol. The topological polar surface area (TPSA) is 18.5 Å². The molecule has 1 heterocycles. The van der Waals surface area contributed by atoms with E-state index in [0.717, 1.165) is 36.3 Å². The van der Waals surface area contributed by atoms with Crippen LogP contribution in [0.25, 0.3) is 0 Å². The van der Waals surface area contributed by atoms with Gasteiger partial charge in [0.25, 0.3) is 0 Å². The van der Waals surface area contributed by atoms with Crippen LogP contribution in [0.15, 0.2) is 18.2 Å². The summed E-state index contributed by atoms with van der Waals surface area (Å²) in [4.78, 5) is 0. The van der Waals surface area contributed by atoms with Crippen LogP contribution in [-0.2, 0) is 0 Å². The first-order valence-corrected chi connectivity index (χ1v) is 6.84. The fourth-order valence-electron chi connectivity index (χ4n) is 2.31. The van der Waals surface area contributed by atoms with E-state index in [1.165, 1.54) is 12.0 Å². The Balaban J connectivity index is 2.40. The standard InChI is InChI=1S/C13H17BrO2/c1-15-11-5-2-6-12-13(11)10(7-8-14)4-3-9-16-12/h2,5-6,10H,3-4,7-9H2,1H3. The Bertz CT molecular complexity index is 352. The van der Waals surface area contributed by atoms with E-state index in [1.54, 1.807) is 7.11 Å². The maximum Gasteiger partial charge on any atom is 0.126 e. The average Bonchev–Trinajstić information content (AvgIpc) is 2.52. The Labute approximate surface area is 105 Å². The lowest BCUT2D eigenvalue weighted by Gasteiger charge is -2.18. The molecule has 0 amide bonds. The summed E-state index contributed by atoms with van der Waals surface area (Å²) in [5.41, 5.74) is 1.25. The third kappa shape index (κ3) is 2.34. The van der Waals surface area contributed by atoms with Crippen LogP contribution in [0.1, 0.15) is 30.7 Å². The SMILES string of the molecule is COc1cccc2c1C(CCBr)CCCO2. The Hall–Kier alpha value is -0.700. The van der Waals surface area contributed by atoms with Gasteiger partial charge in [-0.3, -0.25) is 0 Å². The van der Waals surface area contributed by atoms with Crippen LogP contribution in [-0.4, -0.2) is 19.0 Å². The summed E-state index contributed by atoms with van der Waals surface area (Å²) >= 11 is 3.53. The molecular formula is C13H17BrO2. The van der Waals surface area contributed by atoms with Crippen molar-refractivity contribution in [2.75, 3.05) is 19.0 Å². The smallest absolute Gasteiger partial charge is 0.126 e. The van der Waals surface area contributed by atoms with Gasteiger partial charge in [-0.25, -0.2) is 0 Å². The Morgan fingerprint density at radius 2 is 2.38 bits per heavy atom. The number of fused-ring (bicyclic) bond motifs is 1. The van der Waals surface area contributed by atoms with Crippen LogP contribution in [0, 0.1) is 0 Å². The molecule has 0 aliphatic carbocycles. The molecule has 1 unspecified atom stereocenters. The Morgan fingerprint density at radius 3 is 3.12 bits per heavy atom. The van der Waals surface area contributed by atoms with Crippen LogP contribution >= 0.6 is 15.9 Å². The van der Waals surface area contributed by atoms with Crippen molar-refractivity contribution >= 4 is 15.9 Å². The lowest BCUT2D eigenvalue weighted by molar-refractivity contribution is 0.314. The van der Waals surface area contributed by atoms with E-state index in [9.17, 15) is 0 Å². The summed E-state index contributed by atoms with van der Waals surface area (Å²) in [5, 5.41) is 1.02. The largest absolute Gasteiger partial charge is 0.496 e. The average molecular weight is 285 g/mol. The van der Waals surface area contributed by atoms with E-state index in [-0.39, 0.29) is 0 Å². The van der Waals surface area contributed by atoms with Gasteiger partial charge in [0.15, 0.2) is 0 Å². The number of halogens is 1. The van der Waals surface area contributed by atoms with Gasteiger partial charge in [-0.1, -0.05) is 22.0 Å². The number of hydrogen-bond donors (Lipinski definition) is 0. The minimum absolute atomic E-state index is 0.549. The maximum atomic E-state index is 5.77. The van der Waals surface area contributed by atoms with E-state index in [1.807, 2.05) is 18.2 Å². The Morgan fingerprint density at radius 1 is 1.50 bits per heavy atom. The highest BCUT2D eigenvalue weighted by atomic mass is 79.9. The molecule has 2 nitrogen and oxygen atoms in total. The van der Waals surface area contributed by atoms with E-state index in [2.05, 4.69) is 15.9 Å². The van der Waals surface area contributed by atoms with Crippen molar-refractivity contribution < 1.29 is 9.47 Å². The number of methoxy groups -OCH3 is 1. The number of ether oxygens (including phenoxy) is 2. The van der Waals surface area contributed by atoms with Gasteiger partial charge in [0.05, 0.1) is 13.7 Å². The second kappa shape index (κ2) is 5.58. The molecule has 3 heteroatoms. The van der Waals surface area contributed by atoms with Gasteiger partial charge < -0.3 is 9.47 Å². The van der Waals surface area contributed by atoms with Gasteiger partial charge >= 0.3 is 0 Å². The van der Waals surface area contributed by atoms with Gasteiger partial charge in [0.1, 0.15) is 11.5 Å². The van der Waals surface area contributed by atoms with Crippen molar-refractivity contribution in [2.45, 2.75) is 25.2 Å². The summed E-state index contributed by atoms with van der Waals surface area (Å²) in [6, 6.07) is 6.06. The molecule has 1 aromatic carbocycles. The highest BCUT2D eigenvalue weighted by molar-refractivity contribution is 9.09. The molecule has 0 saturated heterocycles. The van der Waals surface area contributed by atoms with Crippen molar-refractivity contribution in [3.63, 3.8) is 0 Å². The third-order valence-electron chi connectivity index (χ3n) is 3.07. The van der Waals surface area contributed by atoms with Crippen molar-refractivity contribution in [1.29, 1.82) is 0 Å². The molecule has 1 atom stereocenters. The quantitative estimate of drug-likeness (QED) is 0.788. The predicted molar refractivity (Wildman–Crippen MR) is 68.9 cm³/mol. The third-order valence-corrected chi connectivity index (χ3v) is 3.52. The summed E-state index contributed by atoms with van der Waals surface area (Å²) < 4.78 is 11.2. The molecule has 1 aliphatic heterocycles. The van der Waals surface area contributed by atoms with Crippen LogP contribution in [0.4, 0.5) is 0 Å². The molecule has 0 saturated carbocycles. The lowest BCUT2D eigenvalue weighted by atomic mass is 9.91. The molecule has 16 heavy (non-hydrogen) atoms. The predicted octanol–water partition coefficient (Wildman–Crippen LogP) is 3.74. The minimum atomic E-state index is 0.549. The van der Waals surface area contributed by atoms with Crippen molar-refractivity contribution in [1.82, 2.24) is 0 Å². The molecule has 0 fully saturated rings. The van der Waals surface area contributed by atoms with Gasteiger partial charge in [0, 0.05) is 10.9 Å². The maximum absolute atomic E-state index is 5.77. The summed E-state index contributed by atoms with van der Waals surface area (Å²) in [5.74, 6) is 2.51. The van der Waals surface area contributed by atoms with Crippen molar-refractivity contribution in [3.05, 3.63) is 23.8 Å². The summed E-state index contributed by atoms with van der Waals surface area (Å²) in [6.45, 7) is 0.818. The highest BCUT2D eigenvalue weighted by Gasteiger charge is 2.22. The van der Waals surface area contributed by atoms with Crippen molar-refractivity contribution in [2.24, 2.45) is 0 Å². The Kier molecular flexibility index (Phi) is 4.10. The van der Waals surface area contributed by atoms with E-state index < -0.39 is 0 Å². The molecule has 0 N–H and O–H groups in total. The fraction of sp³-hybridized carbons (Fsp3) is 0.538. The van der Waals surface area contributed by atoms with Crippen LogP contribution in [0.5, 0.6) is 11.5 Å². The first kappa shape index (κ1) is 11.8. The minimum Gasteiger partial charge on any atom is -0.496 e. The van der Waals surface area contributed by atoms with Gasteiger partial charge in [-0.2, -0.15) is 0 Å². The first-order chi connectivity index (χ1) is 7.86. The normalized spacial score (nSPS) is 19.5. The molecule has 1 aliphatic rings. The zero-order valence-corrected chi connectivity index (χ0v) is 11.1. The number of rotatable bonds is 3. The molecule has 0 radical (unpaired) electrons. The summed E-state index contributed by atoms with van der Waals surface area (Å²) in [7, 11) is 1.73. The zero-order valence-electron chi connectivity index (χ0n) is 9.54. The summed E-state index contributed by atoms with van der Waals surface area (Å²) in [6.07, 6.45) is 3.44. The molecule has 0 bridgehead atoms. The molecule has 0 aromatic heterocycles. The molecule has 2 rings (SSSR count). The number of hydrogen-bond acceptors (Lipinski definition) is 2. The van der Waals surface area contributed by atoms with Gasteiger partial charge in [-0.05, 0) is 37.3 Å². The molecule has 88 valence electrons. The highest BCUT2D eigenvalue weighted by Crippen LogP contribution is 2.41. The second-order valence-electron chi connectivity index (χ2n) is 4.04. The monoisotopic (exact) mass is 284 g/mol. The van der Waals surface area contributed by atoms with E-state index in [4.69, 9.17) is 9.47 Å². The van der Waals surface area contributed by atoms with Crippen LogP contribution < -0.4 is 9.47 Å². The number of alkyl halides is 1. The van der Waals surface area contributed by atoms with Crippen LogP contribution in [0.3, 0.4) is 0 Å². The fourth-order valence-corrected chi connectivity index (χ4v) is 2.86. The first-order valence-electron chi connectivity index (χ1n) is 5.72. The molecule has 0 spiro atoms. The van der Waals surface area contributed by atoms with Gasteiger partial charge in [0.2, 0.25) is 0 Å². The molecule has 1 aromatic rings. The van der Waals surface area contributed by atoms with E-state index >= 15 is 0 Å². The number of benzene rings is 1. The zero-order chi connectivity index (χ0) is 11.4.